The van der Waals surface area contributed by atoms with Crippen LogP contribution in [0.3, 0.4) is 0 Å². The molecule has 0 bridgehead atoms. The molecule has 1 saturated carbocycles. The van der Waals surface area contributed by atoms with Crippen molar-refractivity contribution in [1.82, 2.24) is 0 Å². The number of anilines is 1. The third-order valence-electron chi connectivity index (χ3n) is 2.76. The quantitative estimate of drug-likeness (QED) is 0.777. The van der Waals surface area contributed by atoms with Gasteiger partial charge in [-0.15, -0.1) is 0 Å². The van der Waals surface area contributed by atoms with Crippen LogP contribution in [-0.2, 0) is 9.59 Å². The van der Waals surface area contributed by atoms with Crippen LogP contribution in [0.4, 0.5) is 10.1 Å². The molecule has 1 aliphatic rings. The lowest BCUT2D eigenvalue weighted by Crippen LogP contribution is -2.42. The Balaban J connectivity index is 2.12. The van der Waals surface area contributed by atoms with Gasteiger partial charge in [0.25, 0.3) is 5.91 Å². The molecule has 1 atom stereocenters. The minimum absolute atomic E-state index is 0.00942. The first-order chi connectivity index (χ1) is 7.63. The smallest absolute Gasteiger partial charge is 0.269 e. The van der Waals surface area contributed by atoms with E-state index in [2.05, 4.69) is 5.32 Å². The summed E-state index contributed by atoms with van der Waals surface area (Å²) in [5, 5.41) is 2.42. The Morgan fingerprint density at radius 3 is 2.56 bits per heavy atom. The van der Waals surface area contributed by atoms with E-state index in [0.29, 0.717) is 12.1 Å². The van der Waals surface area contributed by atoms with E-state index in [1.54, 1.807) is 30.3 Å². The number of ketones is 1. The van der Waals surface area contributed by atoms with Crippen LogP contribution in [0.5, 0.6) is 0 Å². The number of halogens is 1. The van der Waals surface area contributed by atoms with Crippen molar-refractivity contribution in [3.05, 3.63) is 30.3 Å². The lowest BCUT2D eigenvalue weighted by atomic mass is 10.0. The number of Topliss-reactive ketones (excluding diaryl/α,β-unsaturated/α-hetero) is 1. The van der Waals surface area contributed by atoms with Crippen molar-refractivity contribution in [2.75, 3.05) is 5.32 Å². The molecule has 1 amide bonds. The van der Waals surface area contributed by atoms with E-state index in [-0.39, 0.29) is 12.8 Å². The maximum atomic E-state index is 14.0. The molecule has 0 aromatic heterocycles. The number of carbonyl (C=O) groups is 2. The molecule has 1 unspecified atom stereocenters. The molecular weight excluding hydrogens is 209 g/mol. The fraction of sp³-hybridized carbons (Fsp3) is 0.333. The number of carbonyl (C=O) groups excluding carboxylic acids is 2. The average Bonchev–Trinajstić information content (AvgIpc) is 2.62. The SMILES string of the molecule is O=C1CCCC1(F)C(=O)Nc1ccccc1. The standard InChI is InChI=1S/C12H12FNO2/c13-12(8-4-7-10(12)15)11(16)14-9-5-2-1-3-6-9/h1-3,5-6H,4,7-8H2,(H,14,16). The lowest BCUT2D eigenvalue weighted by molar-refractivity contribution is -0.138. The Bertz CT molecular complexity index is 418. The Labute approximate surface area is 92.7 Å². The third-order valence-corrected chi connectivity index (χ3v) is 2.76. The van der Waals surface area contributed by atoms with Crippen LogP contribution in [0.15, 0.2) is 30.3 Å². The molecule has 0 heterocycles. The second kappa shape index (κ2) is 4.04. The second-order valence-electron chi connectivity index (χ2n) is 3.90. The zero-order valence-corrected chi connectivity index (χ0v) is 8.70. The van der Waals surface area contributed by atoms with Gasteiger partial charge in [-0.2, -0.15) is 0 Å². The topological polar surface area (TPSA) is 46.2 Å². The maximum absolute atomic E-state index is 14.0. The second-order valence-corrected chi connectivity index (χ2v) is 3.90. The van der Waals surface area contributed by atoms with Crippen molar-refractivity contribution in [3.63, 3.8) is 0 Å². The molecule has 16 heavy (non-hydrogen) atoms. The number of alkyl halides is 1. The zero-order chi connectivity index (χ0) is 11.6. The van der Waals surface area contributed by atoms with Gasteiger partial charge in [-0.3, -0.25) is 9.59 Å². The molecule has 84 valence electrons. The van der Waals surface area contributed by atoms with E-state index in [9.17, 15) is 14.0 Å². The van der Waals surface area contributed by atoms with E-state index in [1.807, 2.05) is 0 Å². The van der Waals surface area contributed by atoms with E-state index in [4.69, 9.17) is 0 Å². The molecule has 1 aliphatic carbocycles. The Morgan fingerprint density at radius 2 is 2.00 bits per heavy atom. The van der Waals surface area contributed by atoms with Gasteiger partial charge in [-0.25, -0.2) is 4.39 Å². The molecule has 1 fully saturated rings. The third kappa shape index (κ3) is 1.83. The number of rotatable bonds is 2. The van der Waals surface area contributed by atoms with Crippen molar-refractivity contribution in [2.24, 2.45) is 0 Å². The van der Waals surface area contributed by atoms with Crippen LogP contribution in [-0.4, -0.2) is 17.4 Å². The van der Waals surface area contributed by atoms with Gasteiger partial charge in [0.1, 0.15) is 0 Å². The molecule has 1 aromatic rings. The largest absolute Gasteiger partial charge is 0.323 e. The van der Waals surface area contributed by atoms with Crippen LogP contribution in [0.1, 0.15) is 19.3 Å². The van der Waals surface area contributed by atoms with Gasteiger partial charge < -0.3 is 5.32 Å². The molecule has 4 heteroatoms. The molecule has 0 saturated heterocycles. The van der Waals surface area contributed by atoms with Gasteiger partial charge in [0.2, 0.25) is 5.67 Å². The summed E-state index contributed by atoms with van der Waals surface area (Å²) in [6.07, 6.45) is 0.584. The number of hydrogen-bond donors (Lipinski definition) is 1. The molecule has 0 spiro atoms. The summed E-state index contributed by atoms with van der Waals surface area (Å²) >= 11 is 0. The lowest BCUT2D eigenvalue weighted by Gasteiger charge is -2.16. The van der Waals surface area contributed by atoms with Crippen LogP contribution in [0.2, 0.25) is 0 Å². The zero-order valence-electron chi connectivity index (χ0n) is 8.70. The number of amides is 1. The highest BCUT2D eigenvalue weighted by Crippen LogP contribution is 2.31. The van der Waals surface area contributed by atoms with Crippen molar-refractivity contribution in [1.29, 1.82) is 0 Å². The first kappa shape index (κ1) is 10.8. The summed E-state index contributed by atoms with van der Waals surface area (Å²) in [5.74, 6) is -1.46. The van der Waals surface area contributed by atoms with E-state index >= 15 is 0 Å². The molecular formula is C12H12FNO2. The number of benzene rings is 1. The van der Waals surface area contributed by atoms with Crippen LogP contribution < -0.4 is 5.32 Å². The molecule has 0 aliphatic heterocycles. The molecule has 1 aromatic carbocycles. The Hall–Kier alpha value is -1.71. The van der Waals surface area contributed by atoms with Gasteiger partial charge >= 0.3 is 0 Å². The van der Waals surface area contributed by atoms with Gasteiger partial charge in [-0.1, -0.05) is 18.2 Å². The number of para-hydroxylation sites is 1. The van der Waals surface area contributed by atoms with Crippen LogP contribution >= 0.6 is 0 Å². The van der Waals surface area contributed by atoms with Crippen LogP contribution in [0, 0.1) is 0 Å². The summed E-state index contributed by atoms with van der Waals surface area (Å²) in [5.41, 5.74) is -1.82. The van der Waals surface area contributed by atoms with E-state index < -0.39 is 17.4 Å². The normalized spacial score (nSPS) is 24.4. The van der Waals surface area contributed by atoms with Crippen molar-refractivity contribution in [2.45, 2.75) is 24.9 Å². The van der Waals surface area contributed by atoms with E-state index in [1.165, 1.54) is 0 Å². The summed E-state index contributed by atoms with van der Waals surface area (Å²) in [4.78, 5) is 22.9. The Kier molecular flexibility index (Phi) is 2.73. The van der Waals surface area contributed by atoms with Gasteiger partial charge in [-0.05, 0) is 25.0 Å². The fourth-order valence-electron chi connectivity index (χ4n) is 1.82. The summed E-state index contributed by atoms with van der Waals surface area (Å²) in [6, 6.07) is 8.57. The molecule has 0 radical (unpaired) electrons. The number of nitrogens with one attached hydrogen (secondary N) is 1. The summed E-state index contributed by atoms with van der Waals surface area (Å²) in [7, 11) is 0. The minimum atomic E-state index is -2.32. The first-order valence-corrected chi connectivity index (χ1v) is 5.22. The number of hydrogen-bond acceptors (Lipinski definition) is 2. The summed E-state index contributed by atoms with van der Waals surface area (Å²) in [6.45, 7) is 0. The highest BCUT2D eigenvalue weighted by atomic mass is 19.1. The van der Waals surface area contributed by atoms with Gasteiger partial charge in [0.05, 0.1) is 0 Å². The van der Waals surface area contributed by atoms with Crippen LogP contribution in [0.25, 0.3) is 0 Å². The highest BCUT2D eigenvalue weighted by molar-refractivity contribution is 6.15. The van der Waals surface area contributed by atoms with Gasteiger partial charge in [0, 0.05) is 12.1 Å². The average molecular weight is 221 g/mol. The van der Waals surface area contributed by atoms with E-state index in [0.717, 1.165) is 0 Å². The monoisotopic (exact) mass is 221 g/mol. The first-order valence-electron chi connectivity index (χ1n) is 5.22. The maximum Gasteiger partial charge on any atom is 0.269 e. The highest BCUT2D eigenvalue weighted by Gasteiger charge is 2.49. The predicted molar refractivity (Wildman–Crippen MR) is 57.8 cm³/mol. The predicted octanol–water partition coefficient (Wildman–Crippen LogP) is 2.09. The van der Waals surface area contributed by atoms with Crippen molar-refractivity contribution >= 4 is 17.4 Å². The van der Waals surface area contributed by atoms with Crippen molar-refractivity contribution in [3.8, 4) is 0 Å². The Morgan fingerprint density at radius 1 is 1.31 bits per heavy atom. The fourth-order valence-corrected chi connectivity index (χ4v) is 1.82. The molecule has 2 rings (SSSR count). The molecule has 3 nitrogen and oxygen atoms in total. The molecule has 1 N–H and O–H groups in total. The van der Waals surface area contributed by atoms with Crippen molar-refractivity contribution < 1.29 is 14.0 Å². The van der Waals surface area contributed by atoms with Gasteiger partial charge in [0.15, 0.2) is 5.78 Å². The minimum Gasteiger partial charge on any atom is -0.323 e. The summed E-state index contributed by atoms with van der Waals surface area (Å²) < 4.78 is 14.0.